The highest BCUT2D eigenvalue weighted by molar-refractivity contribution is 6.32. The van der Waals surface area contributed by atoms with Crippen LogP contribution >= 0.6 is 11.6 Å². The number of halogens is 4. The third-order valence-corrected chi connectivity index (χ3v) is 5.33. The number of fused-ring (bicyclic) bond motifs is 1. The van der Waals surface area contributed by atoms with Gasteiger partial charge >= 0.3 is 12.1 Å². The van der Waals surface area contributed by atoms with Crippen LogP contribution in [0.5, 0.6) is 0 Å². The number of benzene rings is 2. The van der Waals surface area contributed by atoms with Crippen molar-refractivity contribution in [1.29, 1.82) is 0 Å². The number of para-hydroxylation sites is 1. The van der Waals surface area contributed by atoms with Gasteiger partial charge in [0, 0.05) is 28.9 Å². The van der Waals surface area contributed by atoms with Crippen molar-refractivity contribution in [1.82, 2.24) is 9.55 Å². The minimum absolute atomic E-state index is 0.100. The van der Waals surface area contributed by atoms with E-state index in [0.717, 1.165) is 17.6 Å². The van der Waals surface area contributed by atoms with Crippen LogP contribution < -0.4 is 0 Å². The zero-order valence-electron chi connectivity index (χ0n) is 16.7. The maximum Gasteiger partial charge on any atom is 0.417 e. The molecule has 2 aromatic heterocycles. The van der Waals surface area contributed by atoms with Crippen LogP contribution in [0.3, 0.4) is 0 Å². The van der Waals surface area contributed by atoms with E-state index in [0.29, 0.717) is 16.6 Å². The lowest BCUT2D eigenvalue weighted by Crippen LogP contribution is -2.07. The van der Waals surface area contributed by atoms with Gasteiger partial charge in [0.2, 0.25) is 5.90 Å². The number of nitrogens with zero attached hydrogens (tertiary/aromatic N) is 3. The predicted molar refractivity (Wildman–Crippen MR) is 118 cm³/mol. The molecule has 33 heavy (non-hydrogen) atoms. The van der Waals surface area contributed by atoms with Gasteiger partial charge in [-0.05, 0) is 30.3 Å². The molecule has 0 saturated heterocycles. The average Bonchev–Trinajstić information content (AvgIpc) is 3.35. The smallest absolute Gasteiger partial charge is 0.402 e. The molecule has 4 aromatic rings. The van der Waals surface area contributed by atoms with E-state index >= 15 is 0 Å². The summed E-state index contributed by atoms with van der Waals surface area (Å²) in [5, 5.41) is 0.577. The molecule has 9 heteroatoms. The fourth-order valence-corrected chi connectivity index (χ4v) is 3.78. The normalized spacial score (nSPS) is 15.2. The second kappa shape index (κ2) is 7.90. The lowest BCUT2D eigenvalue weighted by atomic mass is 10.1. The molecule has 1 aliphatic rings. The maximum atomic E-state index is 13.0. The zero-order valence-corrected chi connectivity index (χ0v) is 17.4. The van der Waals surface area contributed by atoms with Gasteiger partial charge in [-0.3, -0.25) is 4.57 Å². The summed E-state index contributed by atoms with van der Waals surface area (Å²) in [6, 6.07) is 17.0. The number of ether oxygens (including phenoxy) is 1. The molecule has 164 valence electrons. The summed E-state index contributed by atoms with van der Waals surface area (Å²) in [5.74, 6) is -0.271. The number of pyridine rings is 1. The number of aromatic nitrogens is 2. The Kier molecular flexibility index (Phi) is 5.02. The molecule has 0 aliphatic carbocycles. The van der Waals surface area contributed by atoms with Crippen molar-refractivity contribution in [3.8, 4) is 5.82 Å². The largest absolute Gasteiger partial charge is 0.417 e. The molecule has 0 saturated carbocycles. The highest BCUT2D eigenvalue weighted by Gasteiger charge is 2.32. The first kappa shape index (κ1) is 21.0. The maximum absolute atomic E-state index is 13.0. The van der Waals surface area contributed by atoms with E-state index < -0.39 is 17.7 Å². The number of hydrogen-bond donors (Lipinski definition) is 0. The van der Waals surface area contributed by atoms with Crippen LogP contribution in [0.15, 0.2) is 83.7 Å². The molecule has 0 spiro atoms. The Morgan fingerprint density at radius 3 is 2.48 bits per heavy atom. The standard InChI is InChI=1S/C24H13ClF3N3O2/c25-18-11-16(24(26,27)28)12-29-21(18)31-13-15(17-8-4-5-9-20(17)31)10-19-23(32)33-22(30-19)14-6-2-1-3-7-14/h1-13H/b19-10-. The molecule has 1 aliphatic heterocycles. The minimum Gasteiger partial charge on any atom is -0.402 e. The van der Waals surface area contributed by atoms with Crippen LogP contribution in [0.1, 0.15) is 16.7 Å². The number of rotatable bonds is 3. The van der Waals surface area contributed by atoms with Gasteiger partial charge in [-0.2, -0.15) is 13.2 Å². The van der Waals surface area contributed by atoms with E-state index in [2.05, 4.69) is 9.98 Å². The number of aliphatic imine (C=N–C) groups is 1. The molecule has 0 N–H and O–H groups in total. The van der Waals surface area contributed by atoms with Gasteiger partial charge in [0.25, 0.3) is 0 Å². The Morgan fingerprint density at radius 2 is 1.76 bits per heavy atom. The van der Waals surface area contributed by atoms with E-state index in [4.69, 9.17) is 16.3 Å². The van der Waals surface area contributed by atoms with Gasteiger partial charge in [0.1, 0.15) is 0 Å². The monoisotopic (exact) mass is 467 g/mol. The van der Waals surface area contributed by atoms with Crippen LogP contribution in [0.2, 0.25) is 5.02 Å². The number of esters is 1. The topological polar surface area (TPSA) is 56.5 Å². The van der Waals surface area contributed by atoms with Crippen molar-refractivity contribution in [2.45, 2.75) is 6.18 Å². The molecule has 0 bridgehead atoms. The first-order valence-corrected chi connectivity index (χ1v) is 10.1. The molecule has 0 radical (unpaired) electrons. The first-order valence-electron chi connectivity index (χ1n) is 9.72. The predicted octanol–water partition coefficient (Wildman–Crippen LogP) is 6.04. The molecule has 0 amide bonds. The molecule has 0 unspecified atom stereocenters. The van der Waals surface area contributed by atoms with Gasteiger partial charge < -0.3 is 4.74 Å². The Bertz CT molecular complexity index is 1460. The third kappa shape index (κ3) is 3.89. The van der Waals surface area contributed by atoms with E-state index in [1.165, 1.54) is 0 Å². The van der Waals surface area contributed by atoms with Gasteiger partial charge in [-0.25, -0.2) is 14.8 Å². The number of cyclic esters (lactones) is 1. The Labute approximate surface area is 190 Å². The molecule has 5 nitrogen and oxygen atoms in total. The van der Waals surface area contributed by atoms with E-state index in [9.17, 15) is 18.0 Å². The van der Waals surface area contributed by atoms with Gasteiger partial charge in [0.05, 0.1) is 16.1 Å². The van der Waals surface area contributed by atoms with Crippen LogP contribution in [0.25, 0.3) is 22.8 Å². The lowest BCUT2D eigenvalue weighted by molar-refractivity contribution is -0.137. The van der Waals surface area contributed by atoms with Gasteiger partial charge in [-0.15, -0.1) is 0 Å². The van der Waals surface area contributed by atoms with Crippen LogP contribution in [0, 0.1) is 0 Å². The van der Waals surface area contributed by atoms with E-state index in [1.54, 1.807) is 41.1 Å². The summed E-state index contributed by atoms with van der Waals surface area (Å²) in [6.45, 7) is 0. The van der Waals surface area contributed by atoms with Crippen molar-refractivity contribution < 1.29 is 22.7 Å². The summed E-state index contributed by atoms with van der Waals surface area (Å²) >= 11 is 6.17. The highest BCUT2D eigenvalue weighted by Crippen LogP contribution is 2.34. The van der Waals surface area contributed by atoms with Gasteiger partial charge in [-0.1, -0.05) is 48.0 Å². The summed E-state index contributed by atoms with van der Waals surface area (Å²) in [6.07, 6.45) is -0.614. The summed E-state index contributed by atoms with van der Waals surface area (Å²) in [7, 11) is 0. The van der Waals surface area contributed by atoms with E-state index in [1.807, 2.05) is 30.3 Å². The van der Waals surface area contributed by atoms with E-state index in [-0.39, 0.29) is 22.4 Å². The molecular weight excluding hydrogens is 455 g/mol. The highest BCUT2D eigenvalue weighted by atomic mass is 35.5. The molecule has 0 atom stereocenters. The number of carbonyl (C=O) groups excluding carboxylic acids is 1. The summed E-state index contributed by atoms with van der Waals surface area (Å²) in [4.78, 5) is 20.7. The zero-order chi connectivity index (χ0) is 23.2. The summed E-state index contributed by atoms with van der Waals surface area (Å²) < 4.78 is 45.9. The average molecular weight is 468 g/mol. The first-order chi connectivity index (χ1) is 15.8. The molecule has 5 rings (SSSR count). The Hall–Kier alpha value is -3.91. The van der Waals surface area contributed by atoms with Crippen molar-refractivity contribution in [3.63, 3.8) is 0 Å². The lowest BCUT2D eigenvalue weighted by Gasteiger charge is -2.10. The third-order valence-electron chi connectivity index (χ3n) is 5.05. The van der Waals surface area contributed by atoms with Crippen LogP contribution in [-0.2, 0) is 15.7 Å². The van der Waals surface area contributed by atoms with Crippen molar-refractivity contribution in [2.75, 3.05) is 0 Å². The summed E-state index contributed by atoms with van der Waals surface area (Å²) in [5.41, 5.74) is 1.08. The molecule has 0 fully saturated rings. The molecule has 2 aromatic carbocycles. The Morgan fingerprint density at radius 1 is 1.03 bits per heavy atom. The number of alkyl halides is 3. The minimum atomic E-state index is -4.55. The second-order valence-corrected chi connectivity index (χ2v) is 7.61. The molecule has 3 heterocycles. The molecular formula is C24H13ClF3N3O2. The quantitative estimate of drug-likeness (QED) is 0.272. The number of carbonyl (C=O) groups is 1. The SMILES string of the molecule is O=C1OC(c2ccccc2)=N/C1=C\c1cn(-c2ncc(C(F)(F)F)cc2Cl)c2ccccc12. The van der Waals surface area contributed by atoms with Crippen molar-refractivity contribution >= 4 is 40.4 Å². The fraction of sp³-hybridized carbons (Fsp3) is 0.0417. The van der Waals surface area contributed by atoms with Crippen molar-refractivity contribution in [2.24, 2.45) is 4.99 Å². The van der Waals surface area contributed by atoms with Gasteiger partial charge in [0.15, 0.2) is 11.5 Å². The van der Waals surface area contributed by atoms with Crippen LogP contribution in [-0.4, -0.2) is 21.4 Å². The second-order valence-electron chi connectivity index (χ2n) is 7.20. The van der Waals surface area contributed by atoms with Crippen LogP contribution in [0.4, 0.5) is 13.2 Å². The fourth-order valence-electron chi connectivity index (χ4n) is 3.52. The number of hydrogen-bond acceptors (Lipinski definition) is 4. The van der Waals surface area contributed by atoms with Crippen molar-refractivity contribution in [3.05, 3.63) is 100 Å². The Balaban J connectivity index is 1.61.